The van der Waals surface area contributed by atoms with Gasteiger partial charge in [0.05, 0.1) is 23.7 Å². The zero-order valence-electron chi connectivity index (χ0n) is 21.2. The molecule has 3 aromatic carbocycles. The smallest absolute Gasteiger partial charge is 0.231 e. The average molecular weight is 515 g/mol. The van der Waals surface area contributed by atoms with Crippen LogP contribution in [0.15, 0.2) is 54.7 Å². The number of phenolic OH excluding ortho intramolecular Hbond substituents is 1. The highest BCUT2D eigenvalue weighted by atomic mass is 19.1. The Morgan fingerprint density at radius 3 is 2.58 bits per heavy atom. The number of anilines is 1. The van der Waals surface area contributed by atoms with Gasteiger partial charge >= 0.3 is 0 Å². The number of aromatic hydroxyl groups is 1. The van der Waals surface area contributed by atoms with E-state index in [1.165, 1.54) is 11.6 Å². The highest BCUT2D eigenvalue weighted by Gasteiger charge is 2.30. The molecular formula is C30H29FN3O4+. The van der Waals surface area contributed by atoms with Gasteiger partial charge in [0, 0.05) is 50.6 Å². The van der Waals surface area contributed by atoms with Crippen molar-refractivity contribution in [3.8, 4) is 34.3 Å². The molecule has 4 aromatic rings. The fourth-order valence-corrected chi connectivity index (χ4v) is 5.95. The van der Waals surface area contributed by atoms with Gasteiger partial charge in [-0.25, -0.2) is 4.39 Å². The second-order valence-electron chi connectivity index (χ2n) is 10.1. The molecule has 1 N–H and O–H groups in total. The average Bonchev–Trinajstić information content (AvgIpc) is 3.41. The highest BCUT2D eigenvalue weighted by Crippen LogP contribution is 2.42. The van der Waals surface area contributed by atoms with Gasteiger partial charge in [0.25, 0.3) is 0 Å². The van der Waals surface area contributed by atoms with E-state index in [-0.39, 0.29) is 18.4 Å². The van der Waals surface area contributed by atoms with Gasteiger partial charge in [-0.05, 0) is 41.5 Å². The number of fused-ring (bicyclic) bond motifs is 5. The van der Waals surface area contributed by atoms with Crippen LogP contribution >= 0.6 is 0 Å². The van der Waals surface area contributed by atoms with E-state index in [2.05, 4.69) is 32.6 Å². The molecule has 38 heavy (non-hydrogen) atoms. The van der Waals surface area contributed by atoms with E-state index in [4.69, 9.17) is 14.2 Å². The van der Waals surface area contributed by atoms with Crippen molar-refractivity contribution < 1.29 is 28.3 Å². The number of para-hydroxylation sites is 1. The molecule has 194 valence electrons. The molecule has 1 saturated heterocycles. The van der Waals surface area contributed by atoms with Crippen LogP contribution < -0.4 is 23.7 Å². The molecule has 7 rings (SSSR count). The van der Waals surface area contributed by atoms with Crippen LogP contribution in [0.5, 0.6) is 23.0 Å². The minimum atomic E-state index is -0.180. The summed E-state index contributed by atoms with van der Waals surface area (Å²) in [5, 5.41) is 12.8. The standard InChI is InChI=1S/C30H28FN3O4/c1-36-29-13-20(16-32-8-10-33(11-9-32)25-5-3-2-4-24(25)31)21-14-26-22-15-28-27(37-18-38-28)12-19(22)6-7-34(26)17-23(21)30(29)35/h2-5,12-15,17H,6-11,16,18H2,1H3/p+1. The van der Waals surface area contributed by atoms with Crippen LogP contribution in [0.1, 0.15) is 11.1 Å². The predicted octanol–water partition coefficient (Wildman–Crippen LogP) is 4.25. The Kier molecular flexibility index (Phi) is 5.51. The van der Waals surface area contributed by atoms with Crippen molar-refractivity contribution >= 4 is 16.5 Å². The summed E-state index contributed by atoms with van der Waals surface area (Å²) in [4.78, 5) is 4.48. The molecule has 4 heterocycles. The number of pyridine rings is 1. The van der Waals surface area contributed by atoms with Crippen molar-refractivity contribution in [3.05, 3.63) is 71.7 Å². The Balaban J connectivity index is 1.24. The van der Waals surface area contributed by atoms with E-state index in [0.29, 0.717) is 18.0 Å². The van der Waals surface area contributed by atoms with Crippen LogP contribution in [0.3, 0.4) is 0 Å². The van der Waals surface area contributed by atoms with E-state index in [0.717, 1.165) is 78.2 Å². The zero-order valence-corrected chi connectivity index (χ0v) is 21.2. The summed E-state index contributed by atoms with van der Waals surface area (Å²) in [7, 11) is 1.59. The molecular weight excluding hydrogens is 485 g/mol. The van der Waals surface area contributed by atoms with E-state index in [1.807, 2.05) is 24.4 Å². The summed E-state index contributed by atoms with van der Waals surface area (Å²) in [5.41, 5.74) is 5.20. The predicted molar refractivity (Wildman–Crippen MR) is 142 cm³/mol. The number of piperazine rings is 1. The minimum absolute atomic E-state index is 0.155. The van der Waals surface area contributed by atoms with Gasteiger partial charge in [-0.15, -0.1) is 0 Å². The monoisotopic (exact) mass is 514 g/mol. The molecule has 0 bridgehead atoms. The number of methoxy groups -OCH3 is 1. The van der Waals surface area contributed by atoms with Crippen LogP contribution in [0.2, 0.25) is 0 Å². The molecule has 1 fully saturated rings. The van der Waals surface area contributed by atoms with Crippen molar-refractivity contribution in [2.24, 2.45) is 0 Å². The van der Waals surface area contributed by atoms with Crippen molar-refractivity contribution in [3.63, 3.8) is 0 Å². The first-order valence-electron chi connectivity index (χ1n) is 13.0. The summed E-state index contributed by atoms with van der Waals surface area (Å²) < 4.78 is 33.4. The van der Waals surface area contributed by atoms with Crippen LogP contribution in [-0.2, 0) is 19.5 Å². The minimum Gasteiger partial charge on any atom is -0.504 e. The lowest BCUT2D eigenvalue weighted by Crippen LogP contribution is -2.46. The zero-order chi connectivity index (χ0) is 25.8. The van der Waals surface area contributed by atoms with Crippen molar-refractivity contribution in [1.82, 2.24) is 4.90 Å². The van der Waals surface area contributed by atoms with Crippen molar-refractivity contribution in [1.29, 1.82) is 0 Å². The van der Waals surface area contributed by atoms with Crippen LogP contribution in [0.4, 0.5) is 10.1 Å². The summed E-state index contributed by atoms with van der Waals surface area (Å²) in [5.74, 6) is 2.01. The first-order chi connectivity index (χ1) is 18.6. The number of aryl methyl sites for hydroxylation is 2. The van der Waals surface area contributed by atoms with Gasteiger partial charge in [-0.3, -0.25) is 4.90 Å². The van der Waals surface area contributed by atoms with Gasteiger partial charge < -0.3 is 24.2 Å². The number of hydrogen-bond donors (Lipinski definition) is 1. The van der Waals surface area contributed by atoms with Crippen LogP contribution in [-0.4, -0.2) is 50.1 Å². The Bertz CT molecular complexity index is 1570. The van der Waals surface area contributed by atoms with Crippen LogP contribution in [0, 0.1) is 5.82 Å². The third-order valence-electron chi connectivity index (χ3n) is 7.98. The largest absolute Gasteiger partial charge is 0.504 e. The van der Waals surface area contributed by atoms with E-state index in [9.17, 15) is 9.50 Å². The van der Waals surface area contributed by atoms with Gasteiger partial charge in [-0.2, -0.15) is 4.57 Å². The molecule has 0 spiro atoms. The Morgan fingerprint density at radius 1 is 1.00 bits per heavy atom. The molecule has 0 amide bonds. The van der Waals surface area contributed by atoms with Gasteiger partial charge in [-0.1, -0.05) is 12.1 Å². The Hall–Kier alpha value is -4.04. The van der Waals surface area contributed by atoms with E-state index < -0.39 is 0 Å². The second-order valence-corrected chi connectivity index (χ2v) is 10.1. The lowest BCUT2D eigenvalue weighted by atomic mass is 9.94. The molecule has 7 nitrogen and oxygen atoms in total. The molecule has 0 atom stereocenters. The third kappa shape index (κ3) is 3.79. The molecule has 0 unspecified atom stereocenters. The fraction of sp³-hybridized carbons (Fsp3) is 0.300. The summed E-state index contributed by atoms with van der Waals surface area (Å²) in [6.07, 6.45) is 2.91. The number of nitrogens with zero attached hydrogens (tertiary/aromatic N) is 3. The van der Waals surface area contributed by atoms with Gasteiger partial charge in [0.1, 0.15) is 5.82 Å². The Morgan fingerprint density at radius 2 is 1.79 bits per heavy atom. The first-order valence-corrected chi connectivity index (χ1v) is 13.0. The number of phenols is 1. The number of benzene rings is 3. The molecule has 0 saturated carbocycles. The van der Waals surface area contributed by atoms with E-state index in [1.54, 1.807) is 13.2 Å². The molecule has 1 aromatic heterocycles. The molecule has 0 radical (unpaired) electrons. The van der Waals surface area contributed by atoms with Crippen molar-refractivity contribution in [2.45, 2.75) is 19.5 Å². The maximum atomic E-state index is 14.3. The fourth-order valence-electron chi connectivity index (χ4n) is 5.95. The Labute approximate surface area is 220 Å². The third-order valence-corrected chi connectivity index (χ3v) is 7.98. The molecule has 3 aliphatic heterocycles. The number of hydrogen-bond acceptors (Lipinski definition) is 6. The highest BCUT2D eigenvalue weighted by molar-refractivity contribution is 5.94. The number of aromatic nitrogens is 1. The molecule has 3 aliphatic rings. The summed E-state index contributed by atoms with van der Waals surface area (Å²) in [6, 6.07) is 15.2. The quantitative estimate of drug-likeness (QED) is 0.411. The number of halogens is 1. The van der Waals surface area contributed by atoms with E-state index >= 15 is 0 Å². The summed E-state index contributed by atoms with van der Waals surface area (Å²) >= 11 is 0. The maximum absolute atomic E-state index is 14.3. The lowest BCUT2D eigenvalue weighted by molar-refractivity contribution is -0.686. The SMILES string of the molecule is COc1cc(CN2CCN(c3ccccc3F)CC2)c2cc3[n+](cc2c1O)CCc1cc2c(cc1-3)OCO2. The van der Waals surface area contributed by atoms with Gasteiger partial charge in [0.2, 0.25) is 12.5 Å². The number of rotatable bonds is 4. The molecule has 8 heteroatoms. The first kappa shape index (κ1) is 23.1. The topological polar surface area (TPSA) is 58.3 Å². The number of ether oxygens (including phenoxy) is 3. The van der Waals surface area contributed by atoms with Gasteiger partial charge in [0.15, 0.2) is 35.7 Å². The van der Waals surface area contributed by atoms with Crippen molar-refractivity contribution in [2.75, 3.05) is 45.0 Å². The lowest BCUT2D eigenvalue weighted by Gasteiger charge is -2.36. The maximum Gasteiger partial charge on any atom is 0.231 e. The second kappa shape index (κ2) is 9.06. The van der Waals surface area contributed by atoms with Crippen LogP contribution in [0.25, 0.3) is 22.0 Å². The summed E-state index contributed by atoms with van der Waals surface area (Å²) in [6.45, 7) is 4.88. The molecule has 0 aliphatic carbocycles. The normalized spacial score (nSPS) is 16.4.